The number of carbonyl (C=O) groups excluding carboxylic acids is 1. The van der Waals surface area contributed by atoms with E-state index in [1.54, 1.807) is 0 Å². The number of nitrogens with zero attached hydrogens (tertiary/aromatic N) is 3. The highest BCUT2D eigenvalue weighted by molar-refractivity contribution is 5.94. The van der Waals surface area contributed by atoms with Gasteiger partial charge in [0.15, 0.2) is 0 Å². The molecule has 2 heterocycles. The highest BCUT2D eigenvalue weighted by Gasteiger charge is 2.22. The second-order valence-electron chi connectivity index (χ2n) is 5.28. The zero-order chi connectivity index (χ0) is 14.7. The molecule has 2 aromatic rings. The van der Waals surface area contributed by atoms with Crippen molar-refractivity contribution in [2.45, 2.75) is 6.92 Å². The topological polar surface area (TPSA) is 36.4 Å². The Kier molecular flexibility index (Phi) is 3.86. The molecule has 3 rings (SSSR count). The molecule has 0 atom stereocenters. The molecule has 1 aliphatic rings. The van der Waals surface area contributed by atoms with Gasteiger partial charge < -0.3 is 9.80 Å². The van der Waals surface area contributed by atoms with E-state index in [0.29, 0.717) is 0 Å². The minimum atomic E-state index is 0.118. The summed E-state index contributed by atoms with van der Waals surface area (Å²) in [5, 5.41) is 0. The third-order valence-corrected chi connectivity index (χ3v) is 3.79. The molecule has 4 nitrogen and oxygen atoms in total. The number of rotatable bonds is 2. The van der Waals surface area contributed by atoms with Crippen molar-refractivity contribution < 1.29 is 4.79 Å². The fourth-order valence-electron chi connectivity index (χ4n) is 2.61. The van der Waals surface area contributed by atoms with Gasteiger partial charge >= 0.3 is 0 Å². The average Bonchev–Trinajstić information content (AvgIpc) is 2.55. The normalized spacial score (nSPS) is 15.1. The molecule has 21 heavy (non-hydrogen) atoms. The molecule has 0 radical (unpaired) electrons. The fraction of sp³-hybridized carbons (Fsp3) is 0.294. The van der Waals surface area contributed by atoms with E-state index in [0.717, 1.165) is 43.3 Å². The first-order valence-electron chi connectivity index (χ1n) is 7.27. The number of benzene rings is 1. The van der Waals surface area contributed by atoms with Crippen LogP contribution in [0.4, 0.5) is 5.82 Å². The molecule has 1 saturated heterocycles. The third kappa shape index (κ3) is 3.05. The van der Waals surface area contributed by atoms with E-state index in [1.807, 2.05) is 60.4 Å². The first-order chi connectivity index (χ1) is 10.2. The lowest BCUT2D eigenvalue weighted by Crippen LogP contribution is -2.49. The fourth-order valence-corrected chi connectivity index (χ4v) is 2.61. The summed E-state index contributed by atoms with van der Waals surface area (Å²) < 4.78 is 0. The van der Waals surface area contributed by atoms with Crippen molar-refractivity contribution in [2.75, 3.05) is 31.1 Å². The highest BCUT2D eigenvalue weighted by atomic mass is 16.2. The zero-order valence-corrected chi connectivity index (χ0v) is 12.2. The quantitative estimate of drug-likeness (QED) is 0.848. The van der Waals surface area contributed by atoms with Crippen molar-refractivity contribution in [3.8, 4) is 0 Å². The summed E-state index contributed by atoms with van der Waals surface area (Å²) in [7, 11) is 0. The Balaban J connectivity index is 1.64. The molecule has 0 spiro atoms. The number of hydrogen-bond donors (Lipinski definition) is 0. The van der Waals surface area contributed by atoms with Gasteiger partial charge in [0.2, 0.25) is 0 Å². The van der Waals surface area contributed by atoms with Gasteiger partial charge in [0.25, 0.3) is 5.91 Å². The Labute approximate surface area is 125 Å². The van der Waals surface area contributed by atoms with Crippen LogP contribution in [0.25, 0.3) is 0 Å². The first-order valence-corrected chi connectivity index (χ1v) is 7.27. The van der Waals surface area contributed by atoms with Gasteiger partial charge in [-0.15, -0.1) is 0 Å². The maximum atomic E-state index is 12.4. The van der Waals surface area contributed by atoms with Crippen LogP contribution in [-0.4, -0.2) is 42.0 Å². The largest absolute Gasteiger partial charge is 0.353 e. The van der Waals surface area contributed by atoms with Gasteiger partial charge in [-0.1, -0.05) is 24.3 Å². The van der Waals surface area contributed by atoms with Crippen LogP contribution >= 0.6 is 0 Å². The minimum Gasteiger partial charge on any atom is -0.353 e. The van der Waals surface area contributed by atoms with Crippen LogP contribution < -0.4 is 4.90 Å². The van der Waals surface area contributed by atoms with Gasteiger partial charge in [-0.2, -0.15) is 0 Å². The van der Waals surface area contributed by atoms with Gasteiger partial charge in [-0.3, -0.25) is 4.79 Å². The maximum absolute atomic E-state index is 12.4. The second kappa shape index (κ2) is 5.95. The van der Waals surface area contributed by atoms with Crippen LogP contribution in [-0.2, 0) is 0 Å². The highest BCUT2D eigenvalue weighted by Crippen LogP contribution is 2.15. The van der Waals surface area contributed by atoms with E-state index in [4.69, 9.17) is 0 Å². The number of aryl methyl sites for hydroxylation is 1. The van der Waals surface area contributed by atoms with E-state index in [9.17, 15) is 4.79 Å². The minimum absolute atomic E-state index is 0.118. The third-order valence-electron chi connectivity index (χ3n) is 3.79. The molecule has 0 bridgehead atoms. The summed E-state index contributed by atoms with van der Waals surface area (Å²) in [5.74, 6) is 1.12. The number of amides is 1. The van der Waals surface area contributed by atoms with Crippen LogP contribution in [0.3, 0.4) is 0 Å². The lowest BCUT2D eigenvalue weighted by molar-refractivity contribution is 0.0746. The number of anilines is 1. The number of piperazine rings is 1. The molecule has 1 aromatic heterocycles. The molecule has 1 fully saturated rings. The van der Waals surface area contributed by atoms with Crippen molar-refractivity contribution in [3.63, 3.8) is 0 Å². The monoisotopic (exact) mass is 281 g/mol. The summed E-state index contributed by atoms with van der Waals surface area (Å²) in [6.45, 7) is 5.13. The Morgan fingerprint density at radius 2 is 1.67 bits per heavy atom. The smallest absolute Gasteiger partial charge is 0.253 e. The lowest BCUT2D eigenvalue weighted by Gasteiger charge is -2.35. The molecular formula is C17H19N3O. The molecule has 108 valence electrons. The average molecular weight is 281 g/mol. The summed E-state index contributed by atoms with van der Waals surface area (Å²) in [4.78, 5) is 21.1. The molecule has 0 aliphatic carbocycles. The standard InChI is InChI=1S/C17H19N3O/c1-14-6-5-9-16(18-14)19-10-12-20(13-11-19)17(21)15-7-3-2-4-8-15/h2-9H,10-13H2,1H3. The van der Waals surface area contributed by atoms with Gasteiger partial charge in [0.1, 0.15) is 5.82 Å². The Bertz CT molecular complexity index is 619. The summed E-state index contributed by atoms with van der Waals surface area (Å²) in [6, 6.07) is 15.5. The molecule has 1 amide bonds. The molecule has 0 N–H and O–H groups in total. The zero-order valence-electron chi connectivity index (χ0n) is 12.2. The molecule has 4 heteroatoms. The van der Waals surface area contributed by atoms with Gasteiger partial charge in [0.05, 0.1) is 0 Å². The Morgan fingerprint density at radius 3 is 2.33 bits per heavy atom. The van der Waals surface area contributed by atoms with Crippen LogP contribution in [0.15, 0.2) is 48.5 Å². The molecule has 0 saturated carbocycles. The number of aromatic nitrogens is 1. The van der Waals surface area contributed by atoms with Crippen LogP contribution in [0.2, 0.25) is 0 Å². The van der Waals surface area contributed by atoms with Crippen LogP contribution in [0, 0.1) is 6.92 Å². The molecule has 0 unspecified atom stereocenters. The number of hydrogen-bond acceptors (Lipinski definition) is 3. The maximum Gasteiger partial charge on any atom is 0.253 e. The molecule has 1 aliphatic heterocycles. The van der Waals surface area contributed by atoms with Crippen molar-refractivity contribution >= 4 is 11.7 Å². The van der Waals surface area contributed by atoms with E-state index in [2.05, 4.69) is 9.88 Å². The first kappa shape index (κ1) is 13.6. The van der Waals surface area contributed by atoms with E-state index < -0.39 is 0 Å². The summed E-state index contributed by atoms with van der Waals surface area (Å²) in [5.41, 5.74) is 1.79. The van der Waals surface area contributed by atoms with Crippen molar-refractivity contribution in [3.05, 3.63) is 59.8 Å². The predicted octanol–water partition coefficient (Wildman–Crippen LogP) is 2.35. The number of carbonyl (C=O) groups is 1. The number of pyridine rings is 1. The SMILES string of the molecule is Cc1cccc(N2CCN(C(=O)c3ccccc3)CC2)n1. The van der Waals surface area contributed by atoms with Gasteiger partial charge in [0, 0.05) is 37.4 Å². The molecular weight excluding hydrogens is 262 g/mol. The summed E-state index contributed by atoms with van der Waals surface area (Å²) in [6.07, 6.45) is 0. The van der Waals surface area contributed by atoms with Crippen molar-refractivity contribution in [1.82, 2.24) is 9.88 Å². The van der Waals surface area contributed by atoms with Crippen molar-refractivity contribution in [1.29, 1.82) is 0 Å². The predicted molar refractivity (Wildman–Crippen MR) is 83.5 cm³/mol. The van der Waals surface area contributed by atoms with E-state index in [-0.39, 0.29) is 5.91 Å². The summed E-state index contributed by atoms with van der Waals surface area (Å²) >= 11 is 0. The Morgan fingerprint density at radius 1 is 0.952 bits per heavy atom. The second-order valence-corrected chi connectivity index (χ2v) is 5.28. The van der Waals surface area contributed by atoms with E-state index in [1.165, 1.54) is 0 Å². The van der Waals surface area contributed by atoms with Crippen LogP contribution in [0.1, 0.15) is 16.1 Å². The van der Waals surface area contributed by atoms with Crippen molar-refractivity contribution in [2.24, 2.45) is 0 Å². The van der Waals surface area contributed by atoms with E-state index >= 15 is 0 Å². The van der Waals surface area contributed by atoms with Crippen LogP contribution in [0.5, 0.6) is 0 Å². The van der Waals surface area contributed by atoms with Gasteiger partial charge in [-0.25, -0.2) is 4.98 Å². The van der Waals surface area contributed by atoms with Gasteiger partial charge in [-0.05, 0) is 31.2 Å². The lowest BCUT2D eigenvalue weighted by atomic mass is 10.2. The molecule has 1 aromatic carbocycles. The Hall–Kier alpha value is -2.36.